The first kappa shape index (κ1) is 28.4. The maximum Gasteiger partial charge on any atom is 0.0619 e. The summed E-state index contributed by atoms with van der Waals surface area (Å²) in [4.78, 5) is 0. The van der Waals surface area contributed by atoms with E-state index >= 15 is 0 Å². The van der Waals surface area contributed by atoms with Crippen molar-refractivity contribution in [3.05, 3.63) is 194 Å². The van der Waals surface area contributed by atoms with Gasteiger partial charge in [-0.25, -0.2) is 0 Å². The Hall–Kier alpha value is -6.64. The summed E-state index contributed by atoms with van der Waals surface area (Å²) in [7, 11) is 0. The molecule has 2 nitrogen and oxygen atoms in total. The van der Waals surface area contributed by atoms with Crippen molar-refractivity contribution in [2.75, 3.05) is 0 Å². The highest BCUT2D eigenvalue weighted by Crippen LogP contribution is 2.42. The summed E-state index contributed by atoms with van der Waals surface area (Å²) >= 11 is 0. The number of para-hydroxylation sites is 3. The van der Waals surface area contributed by atoms with E-state index in [1.807, 2.05) is 0 Å². The molecule has 0 fully saturated rings. The molecule has 10 aromatic rings. The molecule has 0 saturated carbocycles. The van der Waals surface area contributed by atoms with Gasteiger partial charge in [0.1, 0.15) is 0 Å². The first-order chi connectivity index (χ1) is 24.8. The summed E-state index contributed by atoms with van der Waals surface area (Å²) in [5.41, 5.74) is 14.4. The number of hydrogen-bond donors (Lipinski definition) is 0. The standard InChI is InChI=1S/C48H32N2/c1-4-15-33(16-5-1)37-31-42(34-17-6-2-7-18-34)48-44(32-37)41-24-11-13-26-46(41)50(48)39-22-14-19-35(29-39)36-27-28-47-43(30-36)40-23-10-12-25-45(40)49(47)38-20-8-3-9-21-38/h1-32H. The van der Waals surface area contributed by atoms with Crippen LogP contribution < -0.4 is 0 Å². The van der Waals surface area contributed by atoms with Crippen LogP contribution in [-0.2, 0) is 0 Å². The van der Waals surface area contributed by atoms with Gasteiger partial charge in [-0.1, -0.05) is 133 Å². The molecule has 2 heteroatoms. The van der Waals surface area contributed by atoms with E-state index < -0.39 is 0 Å². The van der Waals surface area contributed by atoms with Crippen molar-refractivity contribution in [3.8, 4) is 44.8 Å². The summed E-state index contributed by atoms with van der Waals surface area (Å²) in [6.45, 7) is 0. The lowest BCUT2D eigenvalue weighted by atomic mass is 9.95. The SMILES string of the molecule is c1ccc(-c2cc(-c3ccccc3)c3c(c2)c2ccccc2n3-c2cccc(-c3ccc4c(c3)c3ccccc3n4-c3ccccc3)c2)cc1. The van der Waals surface area contributed by atoms with Crippen molar-refractivity contribution in [2.24, 2.45) is 0 Å². The molecule has 0 aliphatic heterocycles. The lowest BCUT2D eigenvalue weighted by Gasteiger charge is -2.15. The maximum absolute atomic E-state index is 2.46. The molecule has 0 aliphatic carbocycles. The van der Waals surface area contributed by atoms with Crippen LogP contribution in [0.2, 0.25) is 0 Å². The van der Waals surface area contributed by atoms with Crippen LogP contribution in [0.1, 0.15) is 0 Å². The number of nitrogens with zero attached hydrogens (tertiary/aromatic N) is 2. The number of benzene rings is 8. The Morgan fingerprint density at radius 2 is 0.780 bits per heavy atom. The van der Waals surface area contributed by atoms with Gasteiger partial charge in [0.25, 0.3) is 0 Å². The Bertz CT molecular complexity index is 2840. The lowest BCUT2D eigenvalue weighted by Crippen LogP contribution is -1.96. The first-order valence-electron chi connectivity index (χ1n) is 17.2. The molecule has 10 rings (SSSR count). The average Bonchev–Trinajstić information content (AvgIpc) is 3.71. The third kappa shape index (κ3) is 4.50. The van der Waals surface area contributed by atoms with Gasteiger partial charge in [0.05, 0.1) is 22.1 Å². The number of hydrogen-bond acceptors (Lipinski definition) is 0. The molecule has 0 aliphatic rings. The average molecular weight is 637 g/mol. The van der Waals surface area contributed by atoms with Crippen LogP contribution in [0.4, 0.5) is 0 Å². The van der Waals surface area contributed by atoms with Crippen LogP contribution in [0.5, 0.6) is 0 Å². The highest BCUT2D eigenvalue weighted by Gasteiger charge is 2.19. The fourth-order valence-corrected chi connectivity index (χ4v) is 7.83. The summed E-state index contributed by atoms with van der Waals surface area (Å²) in [5.74, 6) is 0. The van der Waals surface area contributed by atoms with Crippen molar-refractivity contribution in [1.82, 2.24) is 9.13 Å². The van der Waals surface area contributed by atoms with E-state index in [1.165, 1.54) is 82.7 Å². The second-order valence-corrected chi connectivity index (χ2v) is 13.0. The van der Waals surface area contributed by atoms with Gasteiger partial charge in [-0.05, 0) is 88.5 Å². The zero-order valence-electron chi connectivity index (χ0n) is 27.4. The van der Waals surface area contributed by atoms with Gasteiger partial charge in [0.2, 0.25) is 0 Å². The fourth-order valence-electron chi connectivity index (χ4n) is 7.83. The van der Waals surface area contributed by atoms with Crippen LogP contribution in [0, 0.1) is 0 Å². The summed E-state index contributed by atoms with van der Waals surface area (Å²) in [6, 6.07) is 70.4. The van der Waals surface area contributed by atoms with Crippen molar-refractivity contribution in [1.29, 1.82) is 0 Å². The largest absolute Gasteiger partial charge is 0.309 e. The fraction of sp³-hybridized carbons (Fsp3) is 0. The summed E-state index contributed by atoms with van der Waals surface area (Å²) < 4.78 is 4.84. The van der Waals surface area contributed by atoms with E-state index in [0.717, 1.165) is 5.69 Å². The van der Waals surface area contributed by atoms with Gasteiger partial charge in [0.15, 0.2) is 0 Å². The zero-order chi connectivity index (χ0) is 33.0. The molecule has 0 atom stereocenters. The third-order valence-electron chi connectivity index (χ3n) is 10.1. The van der Waals surface area contributed by atoms with E-state index in [2.05, 4.69) is 203 Å². The minimum absolute atomic E-state index is 1.14. The minimum atomic E-state index is 1.14. The number of rotatable bonds is 5. The van der Waals surface area contributed by atoms with Gasteiger partial charge in [-0.3, -0.25) is 0 Å². The second kappa shape index (κ2) is 11.5. The highest BCUT2D eigenvalue weighted by atomic mass is 15.0. The molecule has 0 saturated heterocycles. The monoisotopic (exact) mass is 636 g/mol. The van der Waals surface area contributed by atoms with Crippen LogP contribution >= 0.6 is 0 Å². The Morgan fingerprint density at radius 1 is 0.260 bits per heavy atom. The van der Waals surface area contributed by atoms with Gasteiger partial charge >= 0.3 is 0 Å². The van der Waals surface area contributed by atoms with Gasteiger partial charge < -0.3 is 9.13 Å². The zero-order valence-corrected chi connectivity index (χ0v) is 27.4. The molecule has 2 aromatic heterocycles. The molecular weight excluding hydrogens is 605 g/mol. The van der Waals surface area contributed by atoms with E-state index in [4.69, 9.17) is 0 Å². The van der Waals surface area contributed by atoms with Crippen molar-refractivity contribution >= 4 is 43.6 Å². The quantitative estimate of drug-likeness (QED) is 0.178. The predicted octanol–water partition coefficient (Wildman–Crippen LogP) is 12.9. The highest BCUT2D eigenvalue weighted by molar-refractivity contribution is 6.15. The van der Waals surface area contributed by atoms with Gasteiger partial charge in [-0.15, -0.1) is 0 Å². The van der Waals surface area contributed by atoms with Crippen LogP contribution in [0.25, 0.3) is 88.4 Å². The Balaban J connectivity index is 1.20. The van der Waals surface area contributed by atoms with E-state index in [0.29, 0.717) is 0 Å². The van der Waals surface area contributed by atoms with Crippen molar-refractivity contribution in [2.45, 2.75) is 0 Å². The van der Waals surface area contributed by atoms with E-state index in [1.54, 1.807) is 0 Å². The number of aromatic nitrogens is 2. The molecular formula is C48H32N2. The molecule has 8 aromatic carbocycles. The van der Waals surface area contributed by atoms with Crippen molar-refractivity contribution in [3.63, 3.8) is 0 Å². The maximum atomic E-state index is 2.46. The Labute approximate surface area is 290 Å². The summed E-state index contributed by atoms with van der Waals surface area (Å²) in [6.07, 6.45) is 0. The van der Waals surface area contributed by atoms with E-state index in [9.17, 15) is 0 Å². The molecule has 234 valence electrons. The lowest BCUT2D eigenvalue weighted by molar-refractivity contribution is 1.18. The molecule has 0 N–H and O–H groups in total. The molecule has 0 bridgehead atoms. The smallest absolute Gasteiger partial charge is 0.0619 e. The first-order valence-corrected chi connectivity index (χ1v) is 17.2. The molecule has 50 heavy (non-hydrogen) atoms. The summed E-state index contributed by atoms with van der Waals surface area (Å²) in [5, 5.41) is 5.01. The van der Waals surface area contributed by atoms with Crippen LogP contribution in [0.3, 0.4) is 0 Å². The second-order valence-electron chi connectivity index (χ2n) is 13.0. The molecule has 0 unspecified atom stereocenters. The van der Waals surface area contributed by atoms with Crippen LogP contribution in [-0.4, -0.2) is 9.13 Å². The molecule has 0 radical (unpaired) electrons. The van der Waals surface area contributed by atoms with Crippen LogP contribution in [0.15, 0.2) is 194 Å². The Morgan fingerprint density at radius 3 is 1.52 bits per heavy atom. The molecule has 2 heterocycles. The number of fused-ring (bicyclic) bond motifs is 6. The predicted molar refractivity (Wildman–Crippen MR) is 211 cm³/mol. The van der Waals surface area contributed by atoms with Gasteiger partial charge in [-0.2, -0.15) is 0 Å². The molecule has 0 amide bonds. The normalized spacial score (nSPS) is 11.6. The van der Waals surface area contributed by atoms with Crippen molar-refractivity contribution < 1.29 is 0 Å². The Kier molecular flexibility index (Phi) is 6.53. The van der Waals surface area contributed by atoms with E-state index in [-0.39, 0.29) is 0 Å². The van der Waals surface area contributed by atoms with Gasteiger partial charge in [0, 0.05) is 38.5 Å². The molecule has 0 spiro atoms. The third-order valence-corrected chi connectivity index (χ3v) is 10.1. The minimum Gasteiger partial charge on any atom is -0.309 e. The topological polar surface area (TPSA) is 9.86 Å².